The Morgan fingerprint density at radius 1 is 1.37 bits per heavy atom. The Kier molecular flexibility index (Phi) is 4.52. The van der Waals surface area contributed by atoms with Gasteiger partial charge in [-0.05, 0) is 24.0 Å². The van der Waals surface area contributed by atoms with E-state index in [4.69, 9.17) is 15.6 Å². The van der Waals surface area contributed by atoms with Crippen LogP contribution in [-0.4, -0.2) is 29.8 Å². The molecule has 5 heteroatoms. The minimum Gasteiger partial charge on any atom is -0.392 e. The fraction of sp³-hybridized carbons (Fsp3) is 0.500. The quantitative estimate of drug-likeness (QED) is 0.730. The SMILES string of the molecule is NC1(C(=O)NCc2cccc(CO)c2)CCOCC1. The van der Waals surface area contributed by atoms with E-state index in [9.17, 15) is 4.79 Å². The third-order valence-electron chi connectivity index (χ3n) is 3.46. The number of carbonyl (C=O) groups is 1. The molecule has 1 aliphatic rings. The van der Waals surface area contributed by atoms with Crippen LogP contribution in [0, 0.1) is 0 Å². The summed E-state index contributed by atoms with van der Waals surface area (Å²) in [6.45, 7) is 1.49. The molecule has 19 heavy (non-hydrogen) atoms. The van der Waals surface area contributed by atoms with Crippen molar-refractivity contribution in [3.8, 4) is 0 Å². The van der Waals surface area contributed by atoms with Gasteiger partial charge in [0.15, 0.2) is 0 Å². The predicted octanol–water partition coefficient (Wildman–Crippen LogP) is 0.303. The van der Waals surface area contributed by atoms with Gasteiger partial charge in [0.2, 0.25) is 5.91 Å². The van der Waals surface area contributed by atoms with Crippen LogP contribution in [-0.2, 0) is 22.7 Å². The number of amides is 1. The first-order valence-electron chi connectivity index (χ1n) is 6.48. The molecule has 1 aromatic carbocycles. The van der Waals surface area contributed by atoms with Crippen molar-refractivity contribution in [3.05, 3.63) is 35.4 Å². The number of aliphatic hydroxyl groups is 1. The summed E-state index contributed by atoms with van der Waals surface area (Å²) in [4.78, 5) is 12.1. The second kappa shape index (κ2) is 6.14. The zero-order chi connectivity index (χ0) is 13.7. The van der Waals surface area contributed by atoms with E-state index in [2.05, 4.69) is 5.32 Å². The summed E-state index contributed by atoms with van der Waals surface area (Å²) in [6, 6.07) is 7.48. The van der Waals surface area contributed by atoms with Crippen molar-refractivity contribution in [2.24, 2.45) is 5.73 Å². The lowest BCUT2D eigenvalue weighted by molar-refractivity contribution is -0.129. The number of carbonyl (C=O) groups excluding carboxylic acids is 1. The Morgan fingerprint density at radius 2 is 2.05 bits per heavy atom. The Balaban J connectivity index is 1.92. The van der Waals surface area contributed by atoms with E-state index in [0.717, 1.165) is 11.1 Å². The molecule has 1 saturated heterocycles. The highest BCUT2D eigenvalue weighted by Crippen LogP contribution is 2.18. The molecule has 5 nitrogen and oxygen atoms in total. The highest BCUT2D eigenvalue weighted by Gasteiger charge is 2.35. The van der Waals surface area contributed by atoms with Crippen molar-refractivity contribution in [1.29, 1.82) is 0 Å². The van der Waals surface area contributed by atoms with Crippen LogP contribution in [0.2, 0.25) is 0 Å². The summed E-state index contributed by atoms with van der Waals surface area (Å²) in [5.41, 5.74) is 7.07. The molecule has 0 radical (unpaired) electrons. The average molecular weight is 264 g/mol. The van der Waals surface area contributed by atoms with Crippen molar-refractivity contribution < 1.29 is 14.6 Å². The van der Waals surface area contributed by atoms with Gasteiger partial charge in [-0.1, -0.05) is 24.3 Å². The summed E-state index contributed by atoms with van der Waals surface area (Å²) in [5, 5.41) is 11.9. The summed E-state index contributed by atoms with van der Waals surface area (Å²) in [7, 11) is 0. The first kappa shape index (κ1) is 14.0. The van der Waals surface area contributed by atoms with Gasteiger partial charge >= 0.3 is 0 Å². The molecule has 0 saturated carbocycles. The zero-order valence-corrected chi connectivity index (χ0v) is 10.9. The average Bonchev–Trinajstić information content (AvgIpc) is 2.45. The Bertz CT molecular complexity index is 442. The number of benzene rings is 1. The van der Waals surface area contributed by atoms with Crippen molar-refractivity contribution in [2.45, 2.75) is 31.5 Å². The smallest absolute Gasteiger partial charge is 0.240 e. The summed E-state index contributed by atoms with van der Waals surface area (Å²) in [5.74, 6) is -0.134. The molecular weight excluding hydrogens is 244 g/mol. The van der Waals surface area contributed by atoms with Crippen molar-refractivity contribution >= 4 is 5.91 Å². The number of hydrogen-bond acceptors (Lipinski definition) is 4. The second-order valence-corrected chi connectivity index (χ2v) is 4.93. The molecule has 104 valence electrons. The minimum atomic E-state index is -0.813. The molecule has 0 spiro atoms. The molecular formula is C14H20N2O3. The van der Waals surface area contributed by atoms with Gasteiger partial charge in [0.25, 0.3) is 0 Å². The first-order valence-corrected chi connectivity index (χ1v) is 6.48. The van der Waals surface area contributed by atoms with E-state index in [1.165, 1.54) is 0 Å². The summed E-state index contributed by atoms with van der Waals surface area (Å²) >= 11 is 0. The van der Waals surface area contributed by atoms with Gasteiger partial charge in [0.05, 0.1) is 12.1 Å². The second-order valence-electron chi connectivity index (χ2n) is 4.93. The number of rotatable bonds is 4. The lowest BCUT2D eigenvalue weighted by Gasteiger charge is -2.31. The number of ether oxygens (including phenoxy) is 1. The van der Waals surface area contributed by atoms with Crippen LogP contribution in [0.3, 0.4) is 0 Å². The van der Waals surface area contributed by atoms with Gasteiger partial charge in [-0.2, -0.15) is 0 Å². The molecule has 0 unspecified atom stereocenters. The monoisotopic (exact) mass is 264 g/mol. The van der Waals surface area contributed by atoms with Gasteiger partial charge in [0, 0.05) is 19.8 Å². The van der Waals surface area contributed by atoms with Gasteiger partial charge in [-0.15, -0.1) is 0 Å². The summed E-state index contributed by atoms with van der Waals surface area (Å²) in [6.07, 6.45) is 1.10. The Labute approximate surface area is 112 Å². The van der Waals surface area contributed by atoms with Crippen LogP contribution in [0.25, 0.3) is 0 Å². The highest BCUT2D eigenvalue weighted by atomic mass is 16.5. The maximum Gasteiger partial charge on any atom is 0.240 e. The van der Waals surface area contributed by atoms with Crippen LogP contribution in [0.5, 0.6) is 0 Å². The maximum atomic E-state index is 12.1. The first-order chi connectivity index (χ1) is 9.14. The van der Waals surface area contributed by atoms with E-state index in [0.29, 0.717) is 32.6 Å². The topological polar surface area (TPSA) is 84.6 Å². The van der Waals surface area contributed by atoms with E-state index in [-0.39, 0.29) is 12.5 Å². The zero-order valence-electron chi connectivity index (χ0n) is 10.9. The van der Waals surface area contributed by atoms with E-state index in [1.54, 1.807) is 0 Å². The minimum absolute atomic E-state index is 0.0000480. The van der Waals surface area contributed by atoms with E-state index >= 15 is 0 Å². The normalized spacial score (nSPS) is 18.0. The van der Waals surface area contributed by atoms with E-state index in [1.807, 2.05) is 24.3 Å². The molecule has 4 N–H and O–H groups in total. The molecule has 2 rings (SSSR count). The van der Waals surface area contributed by atoms with Gasteiger partial charge in [0.1, 0.15) is 0 Å². The van der Waals surface area contributed by atoms with Gasteiger partial charge in [-0.25, -0.2) is 0 Å². The third-order valence-corrected chi connectivity index (χ3v) is 3.46. The molecule has 0 bridgehead atoms. The molecule has 0 aliphatic carbocycles. The number of nitrogens with two attached hydrogens (primary N) is 1. The van der Waals surface area contributed by atoms with Gasteiger partial charge < -0.3 is 20.9 Å². The van der Waals surface area contributed by atoms with Crippen LogP contribution in [0.4, 0.5) is 0 Å². The molecule has 1 aliphatic heterocycles. The van der Waals surface area contributed by atoms with Crippen LogP contribution in [0.1, 0.15) is 24.0 Å². The number of hydrogen-bond donors (Lipinski definition) is 3. The maximum absolute atomic E-state index is 12.1. The van der Waals surface area contributed by atoms with Crippen molar-refractivity contribution in [3.63, 3.8) is 0 Å². The fourth-order valence-electron chi connectivity index (χ4n) is 2.16. The standard InChI is InChI=1S/C14H20N2O3/c15-14(4-6-19-7-5-14)13(18)16-9-11-2-1-3-12(8-11)10-17/h1-3,8,17H,4-7,9-10,15H2,(H,16,18). The van der Waals surface area contributed by atoms with Crippen LogP contribution in [0.15, 0.2) is 24.3 Å². The molecule has 1 fully saturated rings. The molecule has 1 amide bonds. The van der Waals surface area contributed by atoms with Crippen LogP contribution < -0.4 is 11.1 Å². The highest BCUT2D eigenvalue weighted by molar-refractivity contribution is 5.86. The number of aliphatic hydroxyl groups excluding tert-OH is 1. The Hall–Kier alpha value is -1.43. The lowest BCUT2D eigenvalue weighted by atomic mass is 9.90. The molecule has 1 heterocycles. The third kappa shape index (κ3) is 3.53. The van der Waals surface area contributed by atoms with Crippen molar-refractivity contribution in [1.82, 2.24) is 5.32 Å². The predicted molar refractivity (Wildman–Crippen MR) is 71.2 cm³/mol. The lowest BCUT2D eigenvalue weighted by Crippen LogP contribution is -2.56. The molecule has 1 aromatic rings. The molecule has 0 aromatic heterocycles. The largest absolute Gasteiger partial charge is 0.392 e. The Morgan fingerprint density at radius 3 is 2.74 bits per heavy atom. The fourth-order valence-corrected chi connectivity index (χ4v) is 2.16. The van der Waals surface area contributed by atoms with E-state index < -0.39 is 5.54 Å². The van der Waals surface area contributed by atoms with Crippen molar-refractivity contribution in [2.75, 3.05) is 13.2 Å². The van der Waals surface area contributed by atoms with Gasteiger partial charge in [-0.3, -0.25) is 4.79 Å². The molecule has 0 atom stereocenters. The number of nitrogens with one attached hydrogen (secondary N) is 1. The summed E-state index contributed by atoms with van der Waals surface area (Å²) < 4.78 is 5.22. The van der Waals surface area contributed by atoms with Crippen LogP contribution >= 0.6 is 0 Å².